The van der Waals surface area contributed by atoms with Crippen molar-refractivity contribution in [3.05, 3.63) is 0 Å². The first-order valence-electron chi connectivity index (χ1n) is 8.49. The Morgan fingerprint density at radius 1 is 1.05 bits per heavy atom. The standard InChI is InChI=1S/C17H34N2O/c1-6-18-13-16(4,5)20-17(14-18)8-7-10-19(11-9-17)12-15(2)3/h15H,6-14H2,1-5H3. The molecule has 1 unspecified atom stereocenters. The lowest BCUT2D eigenvalue weighted by Gasteiger charge is -2.50. The van der Waals surface area contributed by atoms with Gasteiger partial charge in [0.05, 0.1) is 11.2 Å². The van der Waals surface area contributed by atoms with E-state index in [0.717, 1.165) is 25.6 Å². The van der Waals surface area contributed by atoms with Gasteiger partial charge in [-0.25, -0.2) is 0 Å². The Bertz CT molecular complexity index is 316. The third-order valence-electron chi connectivity index (χ3n) is 4.67. The molecule has 3 nitrogen and oxygen atoms in total. The van der Waals surface area contributed by atoms with Gasteiger partial charge >= 0.3 is 0 Å². The summed E-state index contributed by atoms with van der Waals surface area (Å²) in [5, 5.41) is 0. The molecule has 2 saturated heterocycles. The molecule has 118 valence electrons. The molecule has 0 aromatic rings. The van der Waals surface area contributed by atoms with Crippen LogP contribution in [0.1, 0.15) is 53.9 Å². The van der Waals surface area contributed by atoms with Crippen molar-refractivity contribution < 1.29 is 4.74 Å². The first-order valence-corrected chi connectivity index (χ1v) is 8.49. The number of hydrogen-bond acceptors (Lipinski definition) is 3. The van der Waals surface area contributed by atoms with Gasteiger partial charge in [0.25, 0.3) is 0 Å². The van der Waals surface area contributed by atoms with Crippen molar-refractivity contribution in [1.82, 2.24) is 9.80 Å². The second kappa shape index (κ2) is 6.33. The van der Waals surface area contributed by atoms with Crippen LogP contribution in [0.25, 0.3) is 0 Å². The van der Waals surface area contributed by atoms with Crippen LogP contribution in [0.3, 0.4) is 0 Å². The molecule has 0 aromatic carbocycles. The molecule has 0 N–H and O–H groups in total. The maximum atomic E-state index is 6.60. The first-order chi connectivity index (χ1) is 9.34. The summed E-state index contributed by atoms with van der Waals surface area (Å²) < 4.78 is 6.60. The second-order valence-corrected chi connectivity index (χ2v) is 7.90. The average Bonchev–Trinajstić information content (AvgIpc) is 2.50. The lowest BCUT2D eigenvalue weighted by molar-refractivity contribution is -0.200. The molecule has 3 heteroatoms. The first kappa shape index (κ1) is 16.3. The zero-order valence-electron chi connectivity index (χ0n) is 14.2. The second-order valence-electron chi connectivity index (χ2n) is 7.90. The minimum Gasteiger partial charge on any atom is -0.366 e. The minimum atomic E-state index is 0.00147. The molecule has 0 aliphatic carbocycles. The van der Waals surface area contributed by atoms with Crippen LogP contribution in [0.2, 0.25) is 0 Å². The smallest absolute Gasteiger partial charge is 0.0829 e. The molecule has 1 spiro atoms. The molecular weight excluding hydrogens is 248 g/mol. The monoisotopic (exact) mass is 282 g/mol. The molecule has 20 heavy (non-hydrogen) atoms. The van der Waals surface area contributed by atoms with Gasteiger partial charge in [0.2, 0.25) is 0 Å². The van der Waals surface area contributed by atoms with Crippen LogP contribution >= 0.6 is 0 Å². The summed E-state index contributed by atoms with van der Waals surface area (Å²) in [5.74, 6) is 0.764. The number of rotatable bonds is 3. The van der Waals surface area contributed by atoms with Crippen molar-refractivity contribution in [3.63, 3.8) is 0 Å². The molecule has 2 heterocycles. The van der Waals surface area contributed by atoms with E-state index in [0.29, 0.717) is 0 Å². The lowest BCUT2D eigenvalue weighted by Crippen LogP contribution is -2.59. The summed E-state index contributed by atoms with van der Waals surface area (Å²) in [5.41, 5.74) is 0.102. The van der Waals surface area contributed by atoms with Gasteiger partial charge in [0.15, 0.2) is 0 Å². The van der Waals surface area contributed by atoms with Crippen LogP contribution in [0.4, 0.5) is 0 Å². The van der Waals surface area contributed by atoms with Crippen molar-refractivity contribution in [3.8, 4) is 0 Å². The third kappa shape index (κ3) is 4.19. The number of hydrogen-bond donors (Lipinski definition) is 0. The SMILES string of the molecule is CCN1CC(C)(C)OC2(CCCN(CC(C)C)CC2)C1. The number of ether oxygens (including phenoxy) is 1. The third-order valence-corrected chi connectivity index (χ3v) is 4.67. The van der Waals surface area contributed by atoms with Gasteiger partial charge in [0, 0.05) is 26.2 Å². The molecule has 0 amide bonds. The summed E-state index contributed by atoms with van der Waals surface area (Å²) in [6.45, 7) is 18.4. The Labute approximate surface area is 125 Å². The average molecular weight is 282 g/mol. The highest BCUT2D eigenvalue weighted by Crippen LogP contribution is 2.36. The van der Waals surface area contributed by atoms with Gasteiger partial charge in [-0.05, 0) is 52.1 Å². The van der Waals surface area contributed by atoms with Gasteiger partial charge in [-0.15, -0.1) is 0 Å². The maximum absolute atomic E-state index is 6.60. The molecule has 2 fully saturated rings. The van der Waals surface area contributed by atoms with Crippen LogP contribution in [-0.2, 0) is 4.74 Å². The van der Waals surface area contributed by atoms with Crippen molar-refractivity contribution in [2.24, 2.45) is 5.92 Å². The molecule has 2 aliphatic rings. The number of nitrogens with zero attached hydrogens (tertiary/aromatic N) is 2. The van der Waals surface area contributed by atoms with Crippen LogP contribution in [0.5, 0.6) is 0 Å². The predicted molar refractivity (Wildman–Crippen MR) is 85.1 cm³/mol. The Kier molecular flexibility index (Phi) is 5.14. The highest BCUT2D eigenvalue weighted by Gasteiger charge is 2.44. The Balaban J connectivity index is 2.02. The molecule has 2 aliphatic heterocycles. The summed E-state index contributed by atoms with van der Waals surface area (Å²) in [6.07, 6.45) is 3.70. The zero-order chi connectivity index (χ0) is 14.8. The Hall–Kier alpha value is -0.120. The molecular formula is C17H34N2O. The van der Waals surface area contributed by atoms with Gasteiger partial charge in [-0.1, -0.05) is 20.8 Å². The van der Waals surface area contributed by atoms with Crippen molar-refractivity contribution in [2.75, 3.05) is 39.3 Å². The van der Waals surface area contributed by atoms with E-state index in [2.05, 4.69) is 44.4 Å². The molecule has 2 rings (SSSR count). The van der Waals surface area contributed by atoms with Crippen molar-refractivity contribution >= 4 is 0 Å². The predicted octanol–water partition coefficient (Wildman–Crippen LogP) is 3.00. The van der Waals surface area contributed by atoms with Gasteiger partial charge in [-0.3, -0.25) is 4.90 Å². The maximum Gasteiger partial charge on any atom is 0.0829 e. The van der Waals surface area contributed by atoms with Crippen LogP contribution < -0.4 is 0 Å². The van der Waals surface area contributed by atoms with E-state index in [1.807, 2.05) is 0 Å². The Morgan fingerprint density at radius 2 is 1.80 bits per heavy atom. The van der Waals surface area contributed by atoms with E-state index < -0.39 is 0 Å². The fourth-order valence-corrected chi connectivity index (χ4v) is 4.06. The fraction of sp³-hybridized carbons (Fsp3) is 1.00. The van der Waals surface area contributed by atoms with E-state index in [-0.39, 0.29) is 11.2 Å². The van der Waals surface area contributed by atoms with Crippen molar-refractivity contribution in [2.45, 2.75) is 65.1 Å². The number of likely N-dealkylation sites (tertiary alicyclic amines) is 1. The minimum absolute atomic E-state index is 0.00147. The summed E-state index contributed by atoms with van der Waals surface area (Å²) in [6, 6.07) is 0. The zero-order valence-corrected chi connectivity index (χ0v) is 14.2. The summed E-state index contributed by atoms with van der Waals surface area (Å²) in [7, 11) is 0. The van der Waals surface area contributed by atoms with E-state index in [1.54, 1.807) is 0 Å². The van der Waals surface area contributed by atoms with E-state index in [1.165, 1.54) is 38.9 Å². The number of morpholine rings is 1. The van der Waals surface area contributed by atoms with Gasteiger partial charge in [-0.2, -0.15) is 0 Å². The topological polar surface area (TPSA) is 15.7 Å². The fourth-order valence-electron chi connectivity index (χ4n) is 4.06. The molecule has 0 bridgehead atoms. The van der Waals surface area contributed by atoms with Crippen molar-refractivity contribution in [1.29, 1.82) is 0 Å². The van der Waals surface area contributed by atoms with Crippen LogP contribution in [0.15, 0.2) is 0 Å². The van der Waals surface area contributed by atoms with E-state index >= 15 is 0 Å². The van der Waals surface area contributed by atoms with Gasteiger partial charge < -0.3 is 9.64 Å². The highest BCUT2D eigenvalue weighted by atomic mass is 16.5. The summed E-state index contributed by atoms with van der Waals surface area (Å²) >= 11 is 0. The highest BCUT2D eigenvalue weighted by molar-refractivity contribution is 4.96. The Morgan fingerprint density at radius 3 is 2.45 bits per heavy atom. The number of likely N-dealkylation sites (N-methyl/N-ethyl adjacent to an activating group) is 1. The van der Waals surface area contributed by atoms with Crippen LogP contribution in [-0.4, -0.2) is 60.3 Å². The van der Waals surface area contributed by atoms with E-state index in [9.17, 15) is 0 Å². The van der Waals surface area contributed by atoms with Crippen LogP contribution in [0, 0.1) is 5.92 Å². The molecule has 0 radical (unpaired) electrons. The lowest BCUT2D eigenvalue weighted by atomic mass is 9.89. The quantitative estimate of drug-likeness (QED) is 0.791. The van der Waals surface area contributed by atoms with Gasteiger partial charge in [0.1, 0.15) is 0 Å². The normalized spacial score (nSPS) is 32.7. The largest absolute Gasteiger partial charge is 0.366 e. The molecule has 0 saturated carbocycles. The summed E-state index contributed by atoms with van der Waals surface area (Å²) in [4.78, 5) is 5.22. The molecule has 1 atom stereocenters. The van der Waals surface area contributed by atoms with E-state index in [4.69, 9.17) is 4.74 Å². The molecule has 0 aromatic heterocycles.